The topological polar surface area (TPSA) is 20.2 Å². The lowest BCUT2D eigenvalue weighted by Gasteiger charge is -2.17. The molecule has 0 spiro atoms. The highest BCUT2D eigenvalue weighted by Gasteiger charge is 2.16. The molecule has 0 saturated carbocycles. The van der Waals surface area contributed by atoms with Crippen molar-refractivity contribution < 1.29 is 5.11 Å². The van der Waals surface area contributed by atoms with E-state index < -0.39 is 0 Å². The number of aromatic hydroxyl groups is 1. The van der Waals surface area contributed by atoms with Gasteiger partial charge in [0.2, 0.25) is 0 Å². The third-order valence-corrected chi connectivity index (χ3v) is 4.19. The average Bonchev–Trinajstić information content (AvgIpc) is 2.62. The molecule has 0 saturated heterocycles. The van der Waals surface area contributed by atoms with Gasteiger partial charge >= 0.3 is 0 Å². The van der Waals surface area contributed by atoms with Gasteiger partial charge in [-0.2, -0.15) is 0 Å². The van der Waals surface area contributed by atoms with Gasteiger partial charge in [-0.3, -0.25) is 0 Å². The number of benzene rings is 3. The van der Waals surface area contributed by atoms with Crippen molar-refractivity contribution in [2.45, 2.75) is 26.2 Å². The van der Waals surface area contributed by atoms with Crippen molar-refractivity contribution >= 4 is 0 Å². The van der Waals surface area contributed by atoms with Crippen LogP contribution in [0, 0.1) is 0 Å². The summed E-state index contributed by atoms with van der Waals surface area (Å²) < 4.78 is 0. The van der Waals surface area contributed by atoms with Crippen LogP contribution in [0.1, 0.15) is 25.3 Å². The molecule has 0 aliphatic rings. The summed E-state index contributed by atoms with van der Waals surface area (Å²) in [6, 6.07) is 24.4. The molecule has 0 aliphatic heterocycles. The minimum absolute atomic E-state index is 0.343. The van der Waals surface area contributed by atoms with Crippen molar-refractivity contribution in [1.29, 1.82) is 0 Å². The Morgan fingerprint density at radius 1 is 0.696 bits per heavy atom. The molecule has 0 bridgehead atoms. The van der Waals surface area contributed by atoms with Crippen molar-refractivity contribution in [3.8, 4) is 28.0 Å². The van der Waals surface area contributed by atoms with E-state index in [2.05, 4.69) is 49.4 Å². The summed E-state index contributed by atoms with van der Waals surface area (Å²) >= 11 is 0. The minimum Gasteiger partial charge on any atom is -0.507 e. The number of phenols is 1. The van der Waals surface area contributed by atoms with E-state index in [1.54, 1.807) is 0 Å². The van der Waals surface area contributed by atoms with E-state index in [1.807, 2.05) is 30.3 Å². The number of phenolic OH excluding ortho intramolecular Hbond substituents is 1. The van der Waals surface area contributed by atoms with Crippen molar-refractivity contribution in [2.75, 3.05) is 0 Å². The number of aryl methyl sites for hydroxylation is 1. The van der Waals surface area contributed by atoms with Crippen molar-refractivity contribution in [2.24, 2.45) is 0 Å². The van der Waals surface area contributed by atoms with E-state index >= 15 is 0 Å². The lowest BCUT2D eigenvalue weighted by molar-refractivity contribution is 0.477. The Morgan fingerprint density at radius 3 is 1.83 bits per heavy atom. The Labute approximate surface area is 138 Å². The van der Waals surface area contributed by atoms with Gasteiger partial charge in [0.05, 0.1) is 0 Å². The van der Waals surface area contributed by atoms with Gasteiger partial charge in [-0.1, -0.05) is 80.1 Å². The molecule has 3 rings (SSSR count). The highest BCUT2D eigenvalue weighted by atomic mass is 16.3. The predicted molar refractivity (Wildman–Crippen MR) is 97.6 cm³/mol. The van der Waals surface area contributed by atoms with Crippen LogP contribution >= 0.6 is 0 Å². The molecular weight excluding hydrogens is 280 g/mol. The largest absolute Gasteiger partial charge is 0.507 e. The second-order valence-electron chi connectivity index (χ2n) is 5.83. The van der Waals surface area contributed by atoms with Crippen LogP contribution in [0.2, 0.25) is 0 Å². The monoisotopic (exact) mass is 302 g/mol. The number of rotatable bonds is 5. The molecule has 0 atom stereocenters. The third kappa shape index (κ3) is 3.29. The van der Waals surface area contributed by atoms with Gasteiger partial charge in [0, 0.05) is 5.56 Å². The van der Waals surface area contributed by atoms with Gasteiger partial charge in [-0.15, -0.1) is 0 Å². The molecule has 1 nitrogen and oxygen atoms in total. The number of hydrogen-bond acceptors (Lipinski definition) is 1. The van der Waals surface area contributed by atoms with Gasteiger partial charge in [0.25, 0.3) is 0 Å². The summed E-state index contributed by atoms with van der Waals surface area (Å²) in [5, 5.41) is 10.6. The Bertz CT molecular complexity index is 761. The maximum absolute atomic E-state index is 10.6. The maximum Gasteiger partial charge on any atom is 0.124 e. The van der Waals surface area contributed by atoms with Crippen LogP contribution in [0.15, 0.2) is 72.8 Å². The highest BCUT2D eigenvalue weighted by Crippen LogP contribution is 2.41. The van der Waals surface area contributed by atoms with Crippen LogP contribution in [0.5, 0.6) is 5.75 Å². The molecule has 0 heterocycles. The first-order chi connectivity index (χ1) is 11.3. The molecule has 3 aromatic carbocycles. The molecule has 1 N–H and O–H groups in total. The summed E-state index contributed by atoms with van der Waals surface area (Å²) in [6.07, 6.45) is 3.34. The van der Waals surface area contributed by atoms with E-state index in [-0.39, 0.29) is 0 Å². The summed E-state index contributed by atoms with van der Waals surface area (Å²) in [4.78, 5) is 0. The quantitative estimate of drug-likeness (QED) is 0.606. The van der Waals surface area contributed by atoms with Crippen LogP contribution in [-0.4, -0.2) is 5.11 Å². The summed E-state index contributed by atoms with van der Waals surface area (Å²) in [5.41, 5.74) is 5.61. The molecule has 1 heteroatoms. The average molecular weight is 302 g/mol. The molecule has 0 amide bonds. The zero-order chi connectivity index (χ0) is 16.1. The van der Waals surface area contributed by atoms with Crippen molar-refractivity contribution in [3.05, 3.63) is 78.4 Å². The summed E-state index contributed by atoms with van der Waals surface area (Å²) in [5.74, 6) is 0.343. The van der Waals surface area contributed by atoms with E-state index in [4.69, 9.17) is 0 Å². The van der Waals surface area contributed by atoms with Gasteiger partial charge in [0.15, 0.2) is 0 Å². The Morgan fingerprint density at radius 2 is 1.26 bits per heavy atom. The zero-order valence-electron chi connectivity index (χ0n) is 13.5. The van der Waals surface area contributed by atoms with Crippen LogP contribution in [0.3, 0.4) is 0 Å². The minimum atomic E-state index is 0.343. The fourth-order valence-electron chi connectivity index (χ4n) is 3.04. The van der Waals surface area contributed by atoms with Crippen LogP contribution in [0.4, 0.5) is 0 Å². The first-order valence-corrected chi connectivity index (χ1v) is 8.27. The fraction of sp³-hybridized carbons (Fsp3) is 0.182. The Balaban J connectivity index is 2.25. The molecule has 0 unspecified atom stereocenters. The zero-order valence-corrected chi connectivity index (χ0v) is 13.5. The van der Waals surface area contributed by atoms with E-state index in [0.29, 0.717) is 5.75 Å². The first kappa shape index (κ1) is 15.4. The smallest absolute Gasteiger partial charge is 0.124 e. The fourth-order valence-corrected chi connectivity index (χ4v) is 3.04. The first-order valence-electron chi connectivity index (χ1n) is 8.27. The van der Waals surface area contributed by atoms with E-state index in [9.17, 15) is 5.11 Å². The number of unbranched alkanes of at least 4 members (excludes halogenated alkanes) is 1. The molecular formula is C22H22O. The van der Waals surface area contributed by atoms with E-state index in [1.165, 1.54) is 5.56 Å². The second-order valence-corrected chi connectivity index (χ2v) is 5.83. The summed E-state index contributed by atoms with van der Waals surface area (Å²) in [6.45, 7) is 2.21. The molecule has 0 aliphatic carbocycles. The molecule has 23 heavy (non-hydrogen) atoms. The predicted octanol–water partition coefficient (Wildman–Crippen LogP) is 6.07. The Hall–Kier alpha value is -2.54. The lowest BCUT2D eigenvalue weighted by Crippen LogP contribution is -1.95. The molecule has 0 fully saturated rings. The summed E-state index contributed by atoms with van der Waals surface area (Å²) in [7, 11) is 0. The second kappa shape index (κ2) is 7.15. The van der Waals surface area contributed by atoms with Crippen LogP contribution < -0.4 is 0 Å². The molecule has 0 aromatic heterocycles. The molecule has 116 valence electrons. The highest BCUT2D eigenvalue weighted by molar-refractivity contribution is 5.89. The van der Waals surface area contributed by atoms with Gasteiger partial charge < -0.3 is 5.11 Å². The molecule has 0 radical (unpaired) electrons. The van der Waals surface area contributed by atoms with Crippen molar-refractivity contribution in [1.82, 2.24) is 0 Å². The van der Waals surface area contributed by atoms with Crippen LogP contribution in [-0.2, 0) is 6.42 Å². The van der Waals surface area contributed by atoms with Gasteiger partial charge in [-0.25, -0.2) is 0 Å². The SMILES string of the molecule is CCCCc1ccc(O)c(-c2ccccc2)c1-c1ccccc1. The normalized spacial score (nSPS) is 10.7. The maximum atomic E-state index is 10.6. The standard InChI is InChI=1S/C22H22O/c1-2-3-10-19-15-16-20(23)22(18-13-8-5-9-14-18)21(19)17-11-6-4-7-12-17/h4-9,11-16,23H,2-3,10H2,1H3. The molecule has 3 aromatic rings. The van der Waals surface area contributed by atoms with Crippen LogP contribution in [0.25, 0.3) is 22.3 Å². The van der Waals surface area contributed by atoms with Gasteiger partial charge in [-0.05, 0) is 41.2 Å². The van der Waals surface area contributed by atoms with E-state index in [0.717, 1.165) is 41.5 Å². The lowest BCUT2D eigenvalue weighted by atomic mass is 9.88. The number of hydrogen-bond donors (Lipinski definition) is 1. The third-order valence-electron chi connectivity index (χ3n) is 4.19. The van der Waals surface area contributed by atoms with Gasteiger partial charge in [0.1, 0.15) is 5.75 Å². The Kier molecular flexibility index (Phi) is 4.77. The van der Waals surface area contributed by atoms with Crippen molar-refractivity contribution in [3.63, 3.8) is 0 Å².